The van der Waals surface area contributed by atoms with Gasteiger partial charge in [-0.25, -0.2) is 9.97 Å². The van der Waals surface area contributed by atoms with Gasteiger partial charge in [0.1, 0.15) is 11.6 Å². The molecule has 26 heavy (non-hydrogen) atoms. The number of aromatic nitrogens is 2. The fourth-order valence-electron chi connectivity index (χ4n) is 3.53. The number of nitrogens with zero attached hydrogens (tertiary/aromatic N) is 4. The van der Waals surface area contributed by atoms with E-state index in [1.807, 2.05) is 30.0 Å². The molecular weight excluding hydrogens is 324 g/mol. The average Bonchev–Trinajstić information content (AvgIpc) is 2.81. The Hall–Kier alpha value is -2.43. The zero-order valence-electron chi connectivity index (χ0n) is 16.0. The van der Waals surface area contributed by atoms with Gasteiger partial charge in [-0.2, -0.15) is 0 Å². The average molecular weight is 352 g/mol. The van der Waals surface area contributed by atoms with E-state index >= 15 is 0 Å². The minimum Gasteiger partial charge on any atom is -0.354 e. The van der Waals surface area contributed by atoms with Crippen LogP contribution in [0.15, 0.2) is 36.4 Å². The van der Waals surface area contributed by atoms with Crippen LogP contribution in [0.25, 0.3) is 0 Å². The van der Waals surface area contributed by atoms with Crippen molar-refractivity contribution in [1.29, 1.82) is 0 Å². The second-order valence-electron chi connectivity index (χ2n) is 6.88. The molecule has 5 heteroatoms. The molecule has 1 aromatic heterocycles. The Balaban J connectivity index is 1.83. The topological polar surface area (TPSA) is 49.3 Å². The van der Waals surface area contributed by atoms with Gasteiger partial charge in [0.15, 0.2) is 0 Å². The Morgan fingerprint density at radius 3 is 2.62 bits per heavy atom. The zero-order valence-corrected chi connectivity index (χ0v) is 16.0. The smallest absolute Gasteiger partial charge is 0.224 e. The molecule has 0 unspecified atom stereocenters. The molecule has 1 fully saturated rings. The molecule has 0 spiro atoms. The maximum atomic E-state index is 12.8. The fraction of sp³-hybridized carbons (Fsp3) is 0.476. The molecule has 5 nitrogen and oxygen atoms in total. The number of amides is 1. The molecule has 1 aliphatic rings. The van der Waals surface area contributed by atoms with Gasteiger partial charge in [-0.1, -0.05) is 44.2 Å². The molecule has 1 aliphatic heterocycles. The van der Waals surface area contributed by atoms with Gasteiger partial charge in [0, 0.05) is 43.9 Å². The minimum absolute atomic E-state index is 0.186. The lowest BCUT2D eigenvalue weighted by atomic mass is 10.1. The summed E-state index contributed by atoms with van der Waals surface area (Å²) in [6.45, 7) is 8.39. The Labute approximate surface area is 156 Å². The van der Waals surface area contributed by atoms with Crippen molar-refractivity contribution < 1.29 is 4.79 Å². The van der Waals surface area contributed by atoms with E-state index in [9.17, 15) is 4.79 Å². The number of rotatable bonds is 5. The summed E-state index contributed by atoms with van der Waals surface area (Å²) in [7, 11) is 0. The summed E-state index contributed by atoms with van der Waals surface area (Å²) in [5.41, 5.74) is 2.23. The van der Waals surface area contributed by atoms with Gasteiger partial charge in [0.25, 0.3) is 0 Å². The molecule has 0 bridgehead atoms. The normalized spacial score (nSPS) is 18.1. The third-order valence-corrected chi connectivity index (χ3v) is 5.02. The summed E-state index contributed by atoms with van der Waals surface area (Å²) in [5, 5.41) is 0. The summed E-state index contributed by atoms with van der Waals surface area (Å²) >= 11 is 0. The summed E-state index contributed by atoms with van der Waals surface area (Å²) < 4.78 is 0. The summed E-state index contributed by atoms with van der Waals surface area (Å²) in [6, 6.07) is 12.5. The number of carbonyl (C=O) groups excluding carboxylic acids is 1. The first kappa shape index (κ1) is 18.4. The van der Waals surface area contributed by atoms with Crippen LogP contribution in [0.3, 0.4) is 0 Å². The van der Waals surface area contributed by atoms with Gasteiger partial charge in [-0.05, 0) is 25.3 Å². The van der Waals surface area contributed by atoms with Crippen molar-refractivity contribution in [1.82, 2.24) is 14.9 Å². The number of anilines is 1. The van der Waals surface area contributed by atoms with Crippen LogP contribution in [0, 0.1) is 6.92 Å². The Morgan fingerprint density at radius 2 is 1.92 bits per heavy atom. The highest BCUT2D eigenvalue weighted by molar-refractivity contribution is 5.78. The molecule has 1 saturated heterocycles. The SMILES string of the molecule is CCc1cc(N2CCC(=O)N(Cc3ccccc3)[C@@H](CC)C2)nc(C)n1. The summed E-state index contributed by atoms with van der Waals surface area (Å²) in [5.74, 6) is 1.97. The molecule has 1 atom stereocenters. The number of carbonyl (C=O) groups is 1. The van der Waals surface area contributed by atoms with Crippen molar-refractivity contribution >= 4 is 11.7 Å². The molecule has 1 aromatic carbocycles. The zero-order chi connectivity index (χ0) is 18.5. The predicted octanol–water partition coefficient (Wildman–Crippen LogP) is 3.36. The molecule has 0 aliphatic carbocycles. The number of hydrogen-bond acceptors (Lipinski definition) is 4. The maximum Gasteiger partial charge on any atom is 0.224 e. The third kappa shape index (κ3) is 4.21. The summed E-state index contributed by atoms with van der Waals surface area (Å²) in [4.78, 5) is 26.2. The van der Waals surface area contributed by atoms with Crippen molar-refractivity contribution in [3.8, 4) is 0 Å². The second-order valence-corrected chi connectivity index (χ2v) is 6.88. The van der Waals surface area contributed by atoms with E-state index < -0.39 is 0 Å². The van der Waals surface area contributed by atoms with Gasteiger partial charge >= 0.3 is 0 Å². The van der Waals surface area contributed by atoms with Gasteiger partial charge in [-0.3, -0.25) is 4.79 Å². The van der Waals surface area contributed by atoms with Crippen molar-refractivity contribution in [2.45, 2.75) is 52.6 Å². The second kappa shape index (κ2) is 8.30. The maximum absolute atomic E-state index is 12.8. The van der Waals surface area contributed by atoms with E-state index in [-0.39, 0.29) is 11.9 Å². The van der Waals surface area contributed by atoms with E-state index in [4.69, 9.17) is 0 Å². The van der Waals surface area contributed by atoms with Crippen molar-refractivity contribution in [3.63, 3.8) is 0 Å². The molecular formula is C21H28N4O. The Morgan fingerprint density at radius 1 is 1.15 bits per heavy atom. The molecule has 2 aromatic rings. The van der Waals surface area contributed by atoms with Gasteiger partial charge < -0.3 is 9.80 Å². The van der Waals surface area contributed by atoms with Crippen LogP contribution in [-0.4, -0.2) is 39.9 Å². The van der Waals surface area contributed by atoms with Crippen LogP contribution in [-0.2, 0) is 17.8 Å². The highest BCUT2D eigenvalue weighted by Crippen LogP contribution is 2.22. The molecule has 2 heterocycles. The fourth-order valence-corrected chi connectivity index (χ4v) is 3.53. The van der Waals surface area contributed by atoms with Crippen LogP contribution in [0.2, 0.25) is 0 Å². The molecule has 0 N–H and O–H groups in total. The standard InChI is InChI=1S/C21H28N4O/c1-4-18-13-20(23-16(3)22-18)24-12-11-21(26)25(19(5-2)15-24)14-17-9-7-6-8-10-17/h6-10,13,19H,4-5,11-12,14-15H2,1-3H3/t19-/m0/s1. The van der Waals surface area contributed by atoms with Crippen molar-refractivity contribution in [3.05, 3.63) is 53.5 Å². The molecule has 0 radical (unpaired) electrons. The first-order valence-corrected chi connectivity index (χ1v) is 9.53. The van der Waals surface area contributed by atoms with Crippen LogP contribution < -0.4 is 4.90 Å². The largest absolute Gasteiger partial charge is 0.354 e. The van der Waals surface area contributed by atoms with Crippen molar-refractivity contribution in [2.24, 2.45) is 0 Å². The summed E-state index contributed by atoms with van der Waals surface area (Å²) in [6.07, 6.45) is 2.34. The van der Waals surface area contributed by atoms with E-state index in [1.165, 1.54) is 5.56 Å². The van der Waals surface area contributed by atoms with Gasteiger partial charge in [-0.15, -0.1) is 0 Å². The molecule has 1 amide bonds. The Kier molecular flexibility index (Phi) is 5.86. The highest BCUT2D eigenvalue weighted by atomic mass is 16.2. The number of aryl methyl sites for hydroxylation is 2. The predicted molar refractivity (Wildman–Crippen MR) is 104 cm³/mol. The Bertz CT molecular complexity index is 747. The molecule has 0 saturated carbocycles. The third-order valence-electron chi connectivity index (χ3n) is 5.02. The van der Waals surface area contributed by atoms with Crippen LogP contribution >= 0.6 is 0 Å². The van der Waals surface area contributed by atoms with Gasteiger partial charge in [0.05, 0.1) is 0 Å². The number of benzene rings is 1. The van der Waals surface area contributed by atoms with Crippen LogP contribution in [0.5, 0.6) is 0 Å². The number of hydrogen-bond donors (Lipinski definition) is 0. The van der Waals surface area contributed by atoms with Crippen LogP contribution in [0.1, 0.15) is 43.8 Å². The van der Waals surface area contributed by atoms with E-state index in [1.54, 1.807) is 0 Å². The van der Waals surface area contributed by atoms with E-state index in [0.29, 0.717) is 19.5 Å². The van der Waals surface area contributed by atoms with Crippen LogP contribution in [0.4, 0.5) is 5.82 Å². The first-order valence-electron chi connectivity index (χ1n) is 9.53. The van der Waals surface area contributed by atoms with E-state index in [2.05, 4.69) is 46.9 Å². The molecule has 3 rings (SSSR count). The lowest BCUT2D eigenvalue weighted by Crippen LogP contribution is -2.42. The lowest BCUT2D eigenvalue weighted by molar-refractivity contribution is -0.133. The van der Waals surface area contributed by atoms with Gasteiger partial charge in [0.2, 0.25) is 5.91 Å². The molecule has 138 valence electrons. The quantitative estimate of drug-likeness (QED) is 0.828. The first-order chi connectivity index (χ1) is 12.6. The lowest BCUT2D eigenvalue weighted by Gasteiger charge is -2.32. The van der Waals surface area contributed by atoms with Crippen molar-refractivity contribution in [2.75, 3.05) is 18.0 Å². The minimum atomic E-state index is 0.186. The highest BCUT2D eigenvalue weighted by Gasteiger charge is 2.29. The monoisotopic (exact) mass is 352 g/mol. The van der Waals surface area contributed by atoms with E-state index in [0.717, 1.165) is 36.7 Å².